The van der Waals surface area contributed by atoms with Gasteiger partial charge in [-0.1, -0.05) is 18.2 Å². The van der Waals surface area contributed by atoms with Crippen molar-refractivity contribution in [3.8, 4) is 11.8 Å². The zero-order valence-corrected chi connectivity index (χ0v) is 14.0. The maximum Gasteiger partial charge on any atom is 0.355 e. The Morgan fingerprint density at radius 2 is 1.68 bits per heavy atom. The lowest BCUT2D eigenvalue weighted by atomic mass is 10.1. The van der Waals surface area contributed by atoms with Gasteiger partial charge in [0, 0.05) is 5.56 Å². The summed E-state index contributed by atoms with van der Waals surface area (Å²) in [5.74, 6) is -3.57. The molecule has 0 aliphatic rings. The van der Waals surface area contributed by atoms with Crippen LogP contribution in [0, 0.1) is 0 Å². The van der Waals surface area contributed by atoms with Crippen molar-refractivity contribution in [3.63, 3.8) is 0 Å². The third-order valence-electron chi connectivity index (χ3n) is 3.10. The fraction of sp³-hybridized carbons (Fsp3) is 0.286. The average Bonchev–Trinajstić information content (AvgIpc) is 2.60. The number of aliphatic hydroxyl groups excluding tert-OH is 1. The van der Waals surface area contributed by atoms with Crippen molar-refractivity contribution in [2.24, 2.45) is 0 Å². The molecule has 0 aliphatic heterocycles. The second-order valence-corrected chi connectivity index (χ2v) is 6.36. The Bertz CT molecular complexity index is 826. The van der Waals surface area contributed by atoms with Gasteiger partial charge in [0.15, 0.2) is 5.82 Å². The summed E-state index contributed by atoms with van der Waals surface area (Å²) in [6.07, 6.45) is -1.51. The molecule has 1 aromatic carbocycles. The Labute approximate surface area is 142 Å². The van der Waals surface area contributed by atoms with Crippen LogP contribution >= 0.6 is 0 Å². The second-order valence-electron chi connectivity index (χ2n) is 4.71. The Hall–Kier alpha value is -2.53. The molecule has 1 atom stereocenters. The Balaban J connectivity index is 2.45. The second kappa shape index (κ2) is 7.57. The number of aromatic nitrogens is 2. The number of hydrogen-bond acceptors (Lipinski definition) is 7. The van der Waals surface area contributed by atoms with Crippen LogP contribution in [0.3, 0.4) is 0 Å². The maximum atomic E-state index is 12.6. The molecule has 11 heteroatoms. The molecular formula is C14H15F2N3O5S. The van der Waals surface area contributed by atoms with Gasteiger partial charge < -0.3 is 14.6 Å². The molecule has 1 aromatic heterocycles. The number of benzene rings is 1. The van der Waals surface area contributed by atoms with Gasteiger partial charge in [0.2, 0.25) is 11.8 Å². The van der Waals surface area contributed by atoms with Crippen molar-refractivity contribution in [2.75, 3.05) is 18.9 Å². The van der Waals surface area contributed by atoms with E-state index in [1.807, 2.05) is 0 Å². The minimum absolute atomic E-state index is 0.0120. The highest BCUT2D eigenvalue weighted by atomic mass is 32.2. The number of nitrogens with one attached hydrogen (secondary N) is 1. The molecule has 136 valence electrons. The monoisotopic (exact) mass is 375 g/mol. The number of sulfonamides is 1. The molecule has 0 aliphatic carbocycles. The Morgan fingerprint density at radius 1 is 1.12 bits per heavy atom. The van der Waals surface area contributed by atoms with Crippen molar-refractivity contribution in [1.29, 1.82) is 0 Å². The number of rotatable bonds is 7. The van der Waals surface area contributed by atoms with E-state index in [1.54, 1.807) is 4.72 Å². The minimum Gasteiger partial charge on any atom is -0.481 e. The standard InChI is InChI=1S/C14H15F2N3O5S/c1-23-10-7-11(24-2)18-13(17-10)12(20)8-5-3-4-6-9(8)19-25(21,22)14(15)16/h3-7,12,14,19-20H,1-2H3/t12-/m1/s1. The minimum atomic E-state index is -4.90. The molecule has 0 fully saturated rings. The van der Waals surface area contributed by atoms with Gasteiger partial charge in [-0.25, -0.2) is 8.42 Å². The van der Waals surface area contributed by atoms with Crippen molar-refractivity contribution in [3.05, 3.63) is 41.7 Å². The Kier molecular flexibility index (Phi) is 5.69. The number of ether oxygens (including phenoxy) is 2. The molecule has 0 unspecified atom stereocenters. The first-order chi connectivity index (χ1) is 11.8. The smallest absolute Gasteiger partial charge is 0.355 e. The number of para-hydroxylation sites is 1. The largest absolute Gasteiger partial charge is 0.481 e. The molecule has 0 saturated heterocycles. The van der Waals surface area contributed by atoms with E-state index >= 15 is 0 Å². The topological polar surface area (TPSA) is 111 Å². The zero-order valence-electron chi connectivity index (χ0n) is 13.2. The van der Waals surface area contributed by atoms with Gasteiger partial charge in [-0.2, -0.15) is 18.7 Å². The van der Waals surface area contributed by atoms with Crippen LogP contribution in [0.25, 0.3) is 0 Å². The molecule has 0 bridgehead atoms. The summed E-state index contributed by atoms with van der Waals surface area (Å²) in [5.41, 5.74) is -0.234. The van der Waals surface area contributed by atoms with E-state index < -0.39 is 21.9 Å². The van der Waals surface area contributed by atoms with Gasteiger partial charge in [-0.3, -0.25) is 4.72 Å². The molecular weight excluding hydrogens is 360 g/mol. The van der Waals surface area contributed by atoms with Gasteiger partial charge in [-0.05, 0) is 6.07 Å². The van der Waals surface area contributed by atoms with Gasteiger partial charge in [0.05, 0.1) is 26.0 Å². The van der Waals surface area contributed by atoms with Crippen LogP contribution in [0.1, 0.15) is 17.5 Å². The number of anilines is 1. The lowest BCUT2D eigenvalue weighted by molar-refractivity contribution is 0.206. The normalized spacial score (nSPS) is 12.7. The van der Waals surface area contributed by atoms with Crippen molar-refractivity contribution in [1.82, 2.24) is 9.97 Å². The molecule has 2 rings (SSSR count). The van der Waals surface area contributed by atoms with E-state index in [4.69, 9.17) is 9.47 Å². The van der Waals surface area contributed by atoms with Crippen LogP contribution in [0.4, 0.5) is 14.5 Å². The third kappa shape index (κ3) is 4.31. The predicted molar refractivity (Wildman–Crippen MR) is 84.2 cm³/mol. The first-order valence-corrected chi connectivity index (χ1v) is 8.37. The number of aliphatic hydroxyl groups is 1. The molecule has 0 saturated carbocycles. The van der Waals surface area contributed by atoms with Crippen LogP contribution in [-0.4, -0.2) is 43.5 Å². The number of hydrogen-bond donors (Lipinski definition) is 2. The fourth-order valence-corrected chi connectivity index (χ4v) is 2.50. The molecule has 8 nitrogen and oxygen atoms in total. The van der Waals surface area contributed by atoms with Crippen LogP contribution in [0.2, 0.25) is 0 Å². The van der Waals surface area contributed by atoms with Crippen LogP contribution < -0.4 is 14.2 Å². The molecule has 25 heavy (non-hydrogen) atoms. The summed E-state index contributed by atoms with van der Waals surface area (Å²) in [7, 11) is -2.20. The summed E-state index contributed by atoms with van der Waals surface area (Å²) in [6, 6.07) is 6.88. The summed E-state index contributed by atoms with van der Waals surface area (Å²) in [6.45, 7) is 0. The third-order valence-corrected chi connectivity index (χ3v) is 4.08. The first-order valence-electron chi connectivity index (χ1n) is 6.82. The zero-order chi connectivity index (χ0) is 18.6. The van der Waals surface area contributed by atoms with Gasteiger partial charge in [0.1, 0.15) is 6.10 Å². The summed E-state index contributed by atoms with van der Waals surface area (Å²) < 4.78 is 59.6. The van der Waals surface area contributed by atoms with Crippen LogP contribution in [0.15, 0.2) is 30.3 Å². The van der Waals surface area contributed by atoms with E-state index in [2.05, 4.69) is 9.97 Å². The molecule has 1 heterocycles. The Morgan fingerprint density at radius 3 is 2.20 bits per heavy atom. The quantitative estimate of drug-likeness (QED) is 0.755. The van der Waals surface area contributed by atoms with E-state index in [0.29, 0.717) is 0 Å². The van der Waals surface area contributed by atoms with Crippen molar-refractivity contribution < 1.29 is 31.8 Å². The van der Waals surface area contributed by atoms with E-state index in [1.165, 1.54) is 44.6 Å². The van der Waals surface area contributed by atoms with Gasteiger partial charge >= 0.3 is 5.76 Å². The summed E-state index contributed by atoms with van der Waals surface area (Å²) in [4.78, 5) is 7.92. The highest BCUT2D eigenvalue weighted by Crippen LogP contribution is 2.29. The first kappa shape index (κ1) is 18.8. The molecule has 0 radical (unpaired) electrons. The van der Waals surface area contributed by atoms with Crippen LogP contribution in [-0.2, 0) is 10.0 Å². The number of alkyl halides is 2. The number of halogens is 2. The maximum absolute atomic E-state index is 12.6. The van der Waals surface area contributed by atoms with E-state index in [0.717, 1.165) is 0 Å². The van der Waals surface area contributed by atoms with Gasteiger partial charge in [-0.15, -0.1) is 0 Å². The lowest BCUT2D eigenvalue weighted by Gasteiger charge is -2.16. The molecule has 2 N–H and O–H groups in total. The van der Waals surface area contributed by atoms with Crippen molar-refractivity contribution in [2.45, 2.75) is 11.9 Å². The summed E-state index contributed by atoms with van der Waals surface area (Å²) in [5, 5.41) is 10.5. The van der Waals surface area contributed by atoms with Gasteiger partial charge in [0.25, 0.3) is 10.0 Å². The molecule has 0 spiro atoms. The average molecular weight is 375 g/mol. The lowest BCUT2D eigenvalue weighted by Crippen LogP contribution is -2.22. The van der Waals surface area contributed by atoms with Crippen LogP contribution in [0.5, 0.6) is 11.8 Å². The number of methoxy groups -OCH3 is 2. The highest BCUT2D eigenvalue weighted by Gasteiger charge is 2.27. The summed E-state index contributed by atoms with van der Waals surface area (Å²) >= 11 is 0. The fourth-order valence-electron chi connectivity index (χ4n) is 1.92. The van der Waals surface area contributed by atoms with E-state index in [9.17, 15) is 22.3 Å². The molecule has 0 amide bonds. The highest BCUT2D eigenvalue weighted by molar-refractivity contribution is 7.93. The SMILES string of the molecule is COc1cc(OC)nc([C@H](O)c2ccccc2NS(=O)(=O)C(F)F)n1. The molecule has 2 aromatic rings. The van der Waals surface area contributed by atoms with Crippen molar-refractivity contribution >= 4 is 15.7 Å². The van der Waals surface area contributed by atoms with E-state index in [-0.39, 0.29) is 28.8 Å². The predicted octanol–water partition coefficient (Wildman–Crippen LogP) is 1.54. The number of nitrogens with zero attached hydrogens (tertiary/aromatic N) is 2.